The second kappa shape index (κ2) is 9.07. The molecule has 11 heteroatoms. The van der Waals surface area contributed by atoms with Gasteiger partial charge in [0.25, 0.3) is 5.91 Å². The Hall–Kier alpha value is -2.56. The van der Waals surface area contributed by atoms with E-state index in [4.69, 9.17) is 16.3 Å². The van der Waals surface area contributed by atoms with Crippen LogP contribution in [0.5, 0.6) is 5.75 Å². The standard InChI is InChI=1S/C19H23ClN4O5S/c1-24(30(3,26)27)17-8-13(29-11-12-4-5-12)6-7-15(17)22-16-9-18(20)21-10-14(16)19(25)23-28-2/h6-10,12H,4-5,11H2,1-3H3,(H,21,22)(H,23,25). The highest BCUT2D eigenvalue weighted by Gasteiger charge is 2.23. The van der Waals surface area contributed by atoms with Gasteiger partial charge in [0.1, 0.15) is 10.9 Å². The maximum absolute atomic E-state index is 12.3. The number of pyridine rings is 1. The van der Waals surface area contributed by atoms with Crippen LogP contribution in [0.1, 0.15) is 23.2 Å². The summed E-state index contributed by atoms with van der Waals surface area (Å²) in [7, 11) is -0.793. The number of nitrogens with zero attached hydrogens (tertiary/aromatic N) is 2. The minimum Gasteiger partial charge on any atom is -0.493 e. The van der Waals surface area contributed by atoms with E-state index in [1.165, 1.54) is 26.4 Å². The Bertz CT molecular complexity index is 1040. The van der Waals surface area contributed by atoms with Crippen molar-refractivity contribution in [2.45, 2.75) is 12.8 Å². The zero-order chi connectivity index (χ0) is 21.9. The number of ether oxygens (including phenoxy) is 1. The first-order valence-electron chi connectivity index (χ1n) is 9.15. The molecule has 0 aliphatic heterocycles. The number of hydroxylamine groups is 1. The number of sulfonamides is 1. The third-order valence-corrected chi connectivity index (χ3v) is 5.97. The zero-order valence-electron chi connectivity index (χ0n) is 16.8. The lowest BCUT2D eigenvalue weighted by atomic mass is 10.2. The van der Waals surface area contributed by atoms with Gasteiger partial charge in [-0.05, 0) is 37.0 Å². The molecule has 9 nitrogen and oxygen atoms in total. The van der Waals surface area contributed by atoms with Gasteiger partial charge in [-0.1, -0.05) is 11.6 Å². The van der Waals surface area contributed by atoms with Crippen LogP contribution in [0.15, 0.2) is 30.5 Å². The van der Waals surface area contributed by atoms with Crippen molar-refractivity contribution in [3.63, 3.8) is 0 Å². The maximum atomic E-state index is 12.3. The number of carbonyl (C=O) groups excluding carboxylic acids is 1. The van der Waals surface area contributed by atoms with Gasteiger partial charge in [-0.2, -0.15) is 0 Å². The summed E-state index contributed by atoms with van der Waals surface area (Å²) in [5.74, 6) is 0.578. The first-order valence-corrected chi connectivity index (χ1v) is 11.4. The Morgan fingerprint density at radius 2 is 2.03 bits per heavy atom. The minimum atomic E-state index is -3.55. The quantitative estimate of drug-likeness (QED) is 0.442. The van der Waals surface area contributed by atoms with Gasteiger partial charge in [0, 0.05) is 19.3 Å². The number of nitrogens with one attached hydrogen (secondary N) is 2. The molecular weight excluding hydrogens is 432 g/mol. The lowest BCUT2D eigenvalue weighted by Gasteiger charge is -2.22. The number of anilines is 3. The number of hydrogen-bond donors (Lipinski definition) is 2. The van der Waals surface area contributed by atoms with Crippen LogP contribution in [0.3, 0.4) is 0 Å². The summed E-state index contributed by atoms with van der Waals surface area (Å²) in [5, 5.41) is 3.24. The molecule has 0 saturated heterocycles. The number of amides is 1. The molecule has 30 heavy (non-hydrogen) atoms. The van der Waals surface area contributed by atoms with Crippen molar-refractivity contribution in [2.24, 2.45) is 5.92 Å². The van der Waals surface area contributed by atoms with E-state index in [1.807, 2.05) is 0 Å². The molecule has 1 aliphatic carbocycles. The number of benzene rings is 1. The molecule has 1 fully saturated rings. The van der Waals surface area contributed by atoms with Gasteiger partial charge in [0.05, 0.1) is 42.6 Å². The number of halogens is 1. The molecular formula is C19H23ClN4O5S. The molecule has 0 atom stereocenters. The van der Waals surface area contributed by atoms with Crippen molar-refractivity contribution >= 4 is 44.6 Å². The Kier molecular flexibility index (Phi) is 6.69. The normalized spacial score (nSPS) is 13.6. The molecule has 3 rings (SSSR count). The molecule has 162 valence electrons. The van der Waals surface area contributed by atoms with Gasteiger partial charge in [-0.3, -0.25) is 13.9 Å². The predicted molar refractivity (Wildman–Crippen MR) is 115 cm³/mol. The SMILES string of the molecule is CONC(=O)c1cnc(Cl)cc1Nc1ccc(OCC2CC2)cc1N(C)S(C)(=O)=O. The van der Waals surface area contributed by atoms with Gasteiger partial charge in [0.2, 0.25) is 10.0 Å². The van der Waals surface area contributed by atoms with E-state index < -0.39 is 15.9 Å². The highest BCUT2D eigenvalue weighted by atomic mass is 35.5. The summed E-state index contributed by atoms with van der Waals surface area (Å²) in [6, 6.07) is 6.53. The topological polar surface area (TPSA) is 110 Å². The number of carbonyl (C=O) groups is 1. The summed E-state index contributed by atoms with van der Waals surface area (Å²) in [6.07, 6.45) is 4.69. The van der Waals surface area contributed by atoms with Crippen LogP contribution < -0.4 is 19.8 Å². The molecule has 1 aliphatic rings. The first kappa shape index (κ1) is 22.1. The molecule has 1 aromatic heterocycles. The lowest BCUT2D eigenvalue weighted by molar-refractivity contribution is 0.0538. The van der Waals surface area contributed by atoms with Crippen molar-refractivity contribution in [3.8, 4) is 5.75 Å². The second-order valence-electron chi connectivity index (χ2n) is 6.98. The minimum absolute atomic E-state index is 0.161. The van der Waals surface area contributed by atoms with Crippen LogP contribution >= 0.6 is 11.6 Å². The summed E-state index contributed by atoms with van der Waals surface area (Å²) >= 11 is 6.00. The predicted octanol–water partition coefficient (Wildman–Crippen LogP) is 2.95. The van der Waals surface area contributed by atoms with E-state index in [0.717, 1.165) is 23.4 Å². The van der Waals surface area contributed by atoms with Crippen molar-refractivity contribution in [3.05, 3.63) is 41.2 Å². The van der Waals surface area contributed by atoms with Gasteiger partial charge in [0.15, 0.2) is 0 Å². The zero-order valence-corrected chi connectivity index (χ0v) is 18.4. The molecule has 0 radical (unpaired) electrons. The Morgan fingerprint density at radius 1 is 1.30 bits per heavy atom. The van der Waals surface area contributed by atoms with Crippen LogP contribution in [-0.4, -0.2) is 46.3 Å². The molecule has 2 aromatic rings. The average Bonchev–Trinajstić information content (AvgIpc) is 3.50. The first-order chi connectivity index (χ1) is 14.2. The van der Waals surface area contributed by atoms with Crippen molar-refractivity contribution in [2.75, 3.05) is 36.6 Å². The third kappa shape index (κ3) is 5.53. The van der Waals surface area contributed by atoms with Crippen molar-refractivity contribution in [1.82, 2.24) is 10.5 Å². The molecule has 1 heterocycles. The fraction of sp³-hybridized carbons (Fsp3) is 0.368. The number of aromatic nitrogens is 1. The van der Waals surface area contributed by atoms with E-state index in [2.05, 4.69) is 20.6 Å². The fourth-order valence-electron chi connectivity index (χ4n) is 2.65. The summed E-state index contributed by atoms with van der Waals surface area (Å²) in [5.41, 5.74) is 3.52. The van der Waals surface area contributed by atoms with Gasteiger partial charge in [-0.25, -0.2) is 18.9 Å². The fourth-order valence-corrected chi connectivity index (χ4v) is 3.32. The summed E-state index contributed by atoms with van der Waals surface area (Å²) in [4.78, 5) is 20.9. The van der Waals surface area contributed by atoms with E-state index in [-0.39, 0.29) is 10.7 Å². The highest BCUT2D eigenvalue weighted by molar-refractivity contribution is 7.92. The van der Waals surface area contributed by atoms with Crippen molar-refractivity contribution < 1.29 is 22.8 Å². The molecule has 1 saturated carbocycles. The lowest BCUT2D eigenvalue weighted by Crippen LogP contribution is -2.26. The molecule has 0 spiro atoms. The molecule has 0 unspecified atom stereocenters. The van der Waals surface area contributed by atoms with Crippen LogP contribution in [0.2, 0.25) is 5.15 Å². The number of hydrogen-bond acceptors (Lipinski definition) is 7. The van der Waals surface area contributed by atoms with Gasteiger partial charge in [-0.15, -0.1) is 0 Å². The maximum Gasteiger partial charge on any atom is 0.278 e. The smallest absolute Gasteiger partial charge is 0.278 e. The number of rotatable bonds is 9. The third-order valence-electron chi connectivity index (χ3n) is 4.57. The molecule has 2 N–H and O–H groups in total. The van der Waals surface area contributed by atoms with E-state index in [0.29, 0.717) is 35.3 Å². The van der Waals surface area contributed by atoms with Crippen molar-refractivity contribution in [1.29, 1.82) is 0 Å². The Morgan fingerprint density at radius 3 is 2.67 bits per heavy atom. The largest absolute Gasteiger partial charge is 0.493 e. The highest BCUT2D eigenvalue weighted by Crippen LogP contribution is 2.36. The Labute approximate surface area is 180 Å². The van der Waals surface area contributed by atoms with Gasteiger partial charge >= 0.3 is 0 Å². The summed E-state index contributed by atoms with van der Waals surface area (Å²) in [6.45, 7) is 0.593. The Balaban J connectivity index is 1.98. The molecule has 1 amide bonds. The van der Waals surface area contributed by atoms with Crippen LogP contribution in [0, 0.1) is 5.92 Å². The monoisotopic (exact) mass is 454 g/mol. The molecule has 1 aromatic carbocycles. The van der Waals surface area contributed by atoms with Crippen LogP contribution in [0.25, 0.3) is 0 Å². The van der Waals surface area contributed by atoms with Crippen LogP contribution in [-0.2, 0) is 14.9 Å². The van der Waals surface area contributed by atoms with E-state index >= 15 is 0 Å². The van der Waals surface area contributed by atoms with E-state index in [9.17, 15) is 13.2 Å². The second-order valence-corrected chi connectivity index (χ2v) is 9.38. The van der Waals surface area contributed by atoms with Gasteiger partial charge < -0.3 is 10.1 Å². The molecule has 0 bridgehead atoms. The average molecular weight is 455 g/mol. The summed E-state index contributed by atoms with van der Waals surface area (Å²) < 4.78 is 31.3. The van der Waals surface area contributed by atoms with Crippen LogP contribution in [0.4, 0.5) is 17.1 Å². The van der Waals surface area contributed by atoms with E-state index in [1.54, 1.807) is 18.2 Å².